The number of carbonyl (C=O) groups is 1. The topological polar surface area (TPSA) is 109 Å². The number of aromatic amines is 1. The summed E-state index contributed by atoms with van der Waals surface area (Å²) in [6, 6.07) is 6.48. The van der Waals surface area contributed by atoms with Gasteiger partial charge in [0.05, 0.1) is 22.7 Å². The third kappa shape index (κ3) is 5.07. The van der Waals surface area contributed by atoms with Gasteiger partial charge in [-0.15, -0.1) is 0 Å². The molecule has 3 rings (SSSR count). The Kier molecular flexibility index (Phi) is 6.56. The second-order valence-electron chi connectivity index (χ2n) is 7.12. The first-order valence-corrected chi connectivity index (χ1v) is 10.1. The van der Waals surface area contributed by atoms with Gasteiger partial charge in [0.15, 0.2) is 0 Å². The van der Waals surface area contributed by atoms with Gasteiger partial charge in [0.2, 0.25) is 11.9 Å². The first-order valence-electron chi connectivity index (χ1n) is 9.69. The van der Waals surface area contributed by atoms with Crippen LogP contribution >= 0.6 is 11.6 Å². The van der Waals surface area contributed by atoms with Gasteiger partial charge in [0, 0.05) is 29.6 Å². The predicted octanol–water partition coefficient (Wildman–Crippen LogP) is 4.28. The van der Waals surface area contributed by atoms with Gasteiger partial charge in [-0.25, -0.2) is 4.98 Å². The minimum absolute atomic E-state index is 0.0342. The fourth-order valence-corrected chi connectivity index (χ4v) is 3.11. The molecule has 0 radical (unpaired) electrons. The number of hydrogen-bond donors (Lipinski definition) is 3. The molecule has 0 aliphatic carbocycles. The van der Waals surface area contributed by atoms with E-state index in [4.69, 9.17) is 16.3 Å². The van der Waals surface area contributed by atoms with Gasteiger partial charge in [-0.3, -0.25) is 9.59 Å². The van der Waals surface area contributed by atoms with Crippen molar-refractivity contribution in [3.05, 3.63) is 51.4 Å². The van der Waals surface area contributed by atoms with Crippen molar-refractivity contribution in [3.8, 4) is 5.75 Å². The van der Waals surface area contributed by atoms with E-state index in [0.717, 1.165) is 5.39 Å². The number of benzene rings is 1. The number of hydrogen-bond acceptors (Lipinski definition) is 6. The van der Waals surface area contributed by atoms with Gasteiger partial charge in [0.1, 0.15) is 11.6 Å². The number of rotatable bonds is 7. The molecule has 9 heteroatoms. The fourth-order valence-electron chi connectivity index (χ4n) is 2.89. The number of carbonyl (C=O) groups excluding carboxylic acids is 1. The molecule has 0 fully saturated rings. The van der Waals surface area contributed by atoms with E-state index in [-0.39, 0.29) is 23.6 Å². The summed E-state index contributed by atoms with van der Waals surface area (Å²) in [4.78, 5) is 35.5. The number of fused-ring (bicyclic) bond motifs is 1. The van der Waals surface area contributed by atoms with E-state index in [1.165, 1.54) is 6.20 Å². The summed E-state index contributed by atoms with van der Waals surface area (Å²) in [5, 5.41) is 7.03. The number of amides is 1. The van der Waals surface area contributed by atoms with Crippen LogP contribution in [0.3, 0.4) is 0 Å². The molecule has 8 nitrogen and oxygen atoms in total. The highest BCUT2D eigenvalue weighted by Crippen LogP contribution is 2.30. The SMILES string of the molecule is CCC(=O)Nc1ccnc(N[C@@H](C)c2cc3cc(Cl)c(OC(C)C)cc3[nH]c2=O)n1. The number of pyridine rings is 1. The average Bonchev–Trinajstić information content (AvgIpc) is 2.68. The standard InChI is InChI=1S/C21H24ClN5O3/c1-5-19(28)26-18-6-7-23-21(27-18)24-12(4)14-8-13-9-15(22)17(30-11(2)3)10-16(13)25-20(14)29/h6-12H,5H2,1-4H3,(H,25,29)(H2,23,24,26,27,28)/t12-/m0/s1. The maximum atomic E-state index is 12.7. The van der Waals surface area contributed by atoms with Crippen LogP contribution in [0.25, 0.3) is 10.9 Å². The summed E-state index contributed by atoms with van der Waals surface area (Å²) in [5.41, 5.74) is 0.898. The Hall–Kier alpha value is -3.13. The Morgan fingerprint density at radius 3 is 2.73 bits per heavy atom. The molecule has 0 spiro atoms. The molecule has 30 heavy (non-hydrogen) atoms. The van der Waals surface area contributed by atoms with E-state index in [1.54, 1.807) is 31.2 Å². The quantitative estimate of drug-likeness (QED) is 0.517. The highest BCUT2D eigenvalue weighted by molar-refractivity contribution is 6.32. The zero-order chi connectivity index (χ0) is 21.8. The van der Waals surface area contributed by atoms with Crippen LogP contribution in [0, 0.1) is 0 Å². The molecule has 1 atom stereocenters. The first-order chi connectivity index (χ1) is 14.3. The molecule has 1 amide bonds. The van der Waals surface area contributed by atoms with Gasteiger partial charge in [0.25, 0.3) is 5.56 Å². The number of halogens is 1. The van der Waals surface area contributed by atoms with Crippen molar-refractivity contribution >= 4 is 40.2 Å². The maximum absolute atomic E-state index is 12.7. The molecule has 0 aliphatic heterocycles. The molecule has 2 heterocycles. The molecule has 1 aromatic carbocycles. The second kappa shape index (κ2) is 9.13. The molecular weight excluding hydrogens is 406 g/mol. The van der Waals surface area contributed by atoms with Crippen molar-refractivity contribution in [2.24, 2.45) is 0 Å². The number of anilines is 2. The summed E-state index contributed by atoms with van der Waals surface area (Å²) in [6.45, 7) is 7.40. The van der Waals surface area contributed by atoms with Crippen molar-refractivity contribution in [1.29, 1.82) is 0 Å². The van der Waals surface area contributed by atoms with Gasteiger partial charge >= 0.3 is 0 Å². The third-order valence-corrected chi connectivity index (χ3v) is 4.64. The number of nitrogens with zero attached hydrogens (tertiary/aromatic N) is 2. The van der Waals surface area contributed by atoms with Crippen LogP contribution in [0.4, 0.5) is 11.8 Å². The van der Waals surface area contributed by atoms with E-state index < -0.39 is 0 Å². The van der Waals surface area contributed by atoms with E-state index in [0.29, 0.717) is 40.0 Å². The third-order valence-electron chi connectivity index (χ3n) is 4.34. The smallest absolute Gasteiger partial charge is 0.253 e. The summed E-state index contributed by atoms with van der Waals surface area (Å²) in [7, 11) is 0. The zero-order valence-electron chi connectivity index (χ0n) is 17.2. The Morgan fingerprint density at radius 2 is 2.03 bits per heavy atom. The molecule has 3 aromatic rings. The lowest BCUT2D eigenvalue weighted by molar-refractivity contribution is -0.115. The molecular formula is C21H24ClN5O3. The number of H-pyrrole nitrogens is 1. The summed E-state index contributed by atoms with van der Waals surface area (Å²) >= 11 is 6.33. The maximum Gasteiger partial charge on any atom is 0.253 e. The summed E-state index contributed by atoms with van der Waals surface area (Å²) in [5.74, 6) is 1.07. The first kappa shape index (κ1) is 21.6. The summed E-state index contributed by atoms with van der Waals surface area (Å²) in [6.07, 6.45) is 1.85. The number of nitrogens with one attached hydrogen (secondary N) is 3. The minimum atomic E-state index is -0.388. The molecule has 3 N–H and O–H groups in total. The highest BCUT2D eigenvalue weighted by atomic mass is 35.5. The van der Waals surface area contributed by atoms with Crippen LogP contribution in [-0.2, 0) is 4.79 Å². The molecule has 0 saturated carbocycles. The van der Waals surface area contributed by atoms with E-state index >= 15 is 0 Å². The molecule has 2 aromatic heterocycles. The minimum Gasteiger partial charge on any atom is -0.489 e. The van der Waals surface area contributed by atoms with Crippen LogP contribution in [0.1, 0.15) is 45.7 Å². The zero-order valence-corrected chi connectivity index (χ0v) is 18.0. The average molecular weight is 430 g/mol. The van der Waals surface area contributed by atoms with Crippen LogP contribution in [-0.4, -0.2) is 27.0 Å². The molecule has 0 aliphatic rings. The van der Waals surface area contributed by atoms with Crippen molar-refractivity contribution < 1.29 is 9.53 Å². The van der Waals surface area contributed by atoms with Crippen molar-refractivity contribution in [1.82, 2.24) is 15.0 Å². The summed E-state index contributed by atoms with van der Waals surface area (Å²) < 4.78 is 5.68. The fraction of sp³-hybridized carbons (Fsp3) is 0.333. The van der Waals surface area contributed by atoms with E-state index in [2.05, 4.69) is 25.6 Å². The van der Waals surface area contributed by atoms with Gasteiger partial charge in [-0.1, -0.05) is 18.5 Å². The number of ether oxygens (including phenoxy) is 1. The predicted molar refractivity (Wildman–Crippen MR) is 118 cm³/mol. The van der Waals surface area contributed by atoms with Crippen LogP contribution in [0.15, 0.2) is 35.3 Å². The normalized spacial score (nSPS) is 12.1. The van der Waals surface area contributed by atoms with Crippen LogP contribution in [0.5, 0.6) is 5.75 Å². The van der Waals surface area contributed by atoms with Crippen molar-refractivity contribution in [2.75, 3.05) is 10.6 Å². The Labute approximate surface area is 179 Å². The largest absolute Gasteiger partial charge is 0.489 e. The van der Waals surface area contributed by atoms with Gasteiger partial charge in [-0.05, 0) is 39.0 Å². The lowest BCUT2D eigenvalue weighted by Gasteiger charge is -2.16. The van der Waals surface area contributed by atoms with Gasteiger partial charge < -0.3 is 20.4 Å². The molecule has 158 valence electrons. The lowest BCUT2D eigenvalue weighted by Crippen LogP contribution is -2.20. The number of aromatic nitrogens is 3. The Bertz CT molecular complexity index is 1130. The molecule has 0 unspecified atom stereocenters. The Morgan fingerprint density at radius 1 is 1.27 bits per heavy atom. The van der Waals surface area contributed by atoms with Gasteiger partial charge in [-0.2, -0.15) is 4.98 Å². The molecule has 0 bridgehead atoms. The van der Waals surface area contributed by atoms with E-state index in [1.807, 2.05) is 20.8 Å². The van der Waals surface area contributed by atoms with Crippen molar-refractivity contribution in [2.45, 2.75) is 46.3 Å². The van der Waals surface area contributed by atoms with Crippen LogP contribution < -0.4 is 20.9 Å². The monoisotopic (exact) mass is 429 g/mol. The second-order valence-corrected chi connectivity index (χ2v) is 7.53. The van der Waals surface area contributed by atoms with Crippen LogP contribution in [0.2, 0.25) is 5.02 Å². The molecule has 0 saturated heterocycles. The van der Waals surface area contributed by atoms with E-state index in [9.17, 15) is 9.59 Å². The highest BCUT2D eigenvalue weighted by Gasteiger charge is 2.15. The Balaban J connectivity index is 1.87. The lowest BCUT2D eigenvalue weighted by atomic mass is 10.1. The van der Waals surface area contributed by atoms with Crippen molar-refractivity contribution in [3.63, 3.8) is 0 Å².